The third-order valence-electron chi connectivity index (χ3n) is 3.63. The van der Waals surface area contributed by atoms with Crippen molar-refractivity contribution in [1.29, 1.82) is 0 Å². The van der Waals surface area contributed by atoms with E-state index in [1.165, 1.54) is 16.2 Å². The second-order valence-corrected chi connectivity index (χ2v) is 7.82. The van der Waals surface area contributed by atoms with Gasteiger partial charge < -0.3 is 10.2 Å². The van der Waals surface area contributed by atoms with E-state index < -0.39 is 0 Å². The lowest BCUT2D eigenvalue weighted by atomic mass is 10.3. The second kappa shape index (κ2) is 7.99. The zero-order chi connectivity index (χ0) is 18.7. The predicted octanol–water partition coefficient (Wildman–Crippen LogP) is 4.54. The Hall–Kier alpha value is -2.22. The van der Waals surface area contributed by atoms with Gasteiger partial charge in [-0.05, 0) is 30.5 Å². The number of thiophene rings is 1. The monoisotopic (exact) mass is 405 g/mol. The van der Waals surface area contributed by atoms with Crippen LogP contribution in [-0.4, -0.2) is 35.3 Å². The van der Waals surface area contributed by atoms with Crippen LogP contribution in [0, 0.1) is 6.92 Å². The van der Waals surface area contributed by atoms with Gasteiger partial charge in [0.2, 0.25) is 5.91 Å². The summed E-state index contributed by atoms with van der Waals surface area (Å²) in [6, 6.07) is 8.94. The number of nitrogens with one attached hydrogen (secondary N) is 1. The highest BCUT2D eigenvalue weighted by molar-refractivity contribution is 7.17. The van der Waals surface area contributed by atoms with E-state index in [0.29, 0.717) is 21.3 Å². The summed E-state index contributed by atoms with van der Waals surface area (Å²) >= 11 is 8.96. The van der Waals surface area contributed by atoms with E-state index in [2.05, 4.69) is 10.3 Å². The number of carbonyl (C=O) groups is 2. The van der Waals surface area contributed by atoms with Crippen molar-refractivity contribution in [2.75, 3.05) is 18.9 Å². The van der Waals surface area contributed by atoms with Gasteiger partial charge in [0.25, 0.3) is 5.91 Å². The SMILES string of the molecule is Cc1nc(-c2ccsc2)sc1C(=O)N(C)CC(=O)Nc1ccccc1Cl. The summed E-state index contributed by atoms with van der Waals surface area (Å²) in [5.74, 6) is -0.537. The van der Waals surface area contributed by atoms with Crippen LogP contribution in [0.5, 0.6) is 0 Å². The number of anilines is 1. The zero-order valence-corrected chi connectivity index (χ0v) is 16.5. The number of carbonyl (C=O) groups excluding carboxylic acids is 2. The molecule has 5 nitrogen and oxygen atoms in total. The van der Waals surface area contributed by atoms with E-state index >= 15 is 0 Å². The molecule has 26 heavy (non-hydrogen) atoms. The lowest BCUT2D eigenvalue weighted by Gasteiger charge is -2.16. The third-order valence-corrected chi connectivity index (χ3v) is 5.84. The van der Waals surface area contributed by atoms with Crippen molar-refractivity contribution in [3.8, 4) is 10.6 Å². The number of hydrogen-bond acceptors (Lipinski definition) is 5. The van der Waals surface area contributed by atoms with Gasteiger partial charge in [0.15, 0.2) is 0 Å². The Morgan fingerprint density at radius 3 is 2.73 bits per heavy atom. The van der Waals surface area contributed by atoms with E-state index in [0.717, 1.165) is 10.6 Å². The van der Waals surface area contributed by atoms with Gasteiger partial charge >= 0.3 is 0 Å². The fourth-order valence-electron chi connectivity index (χ4n) is 2.32. The van der Waals surface area contributed by atoms with E-state index in [1.807, 2.05) is 16.8 Å². The van der Waals surface area contributed by atoms with Crippen molar-refractivity contribution >= 4 is 51.8 Å². The first kappa shape index (κ1) is 18.6. The number of thiazole rings is 1. The number of aromatic nitrogens is 1. The number of nitrogens with zero attached hydrogens (tertiary/aromatic N) is 2. The van der Waals surface area contributed by atoms with Crippen LogP contribution in [0.1, 0.15) is 15.4 Å². The molecule has 0 saturated heterocycles. The van der Waals surface area contributed by atoms with Gasteiger partial charge in [-0.3, -0.25) is 9.59 Å². The van der Waals surface area contributed by atoms with Crippen molar-refractivity contribution < 1.29 is 9.59 Å². The van der Waals surface area contributed by atoms with Gasteiger partial charge in [-0.25, -0.2) is 4.98 Å². The summed E-state index contributed by atoms with van der Waals surface area (Å²) in [5.41, 5.74) is 2.19. The molecule has 0 spiro atoms. The lowest BCUT2D eigenvalue weighted by molar-refractivity contribution is -0.116. The molecule has 0 radical (unpaired) electrons. The zero-order valence-electron chi connectivity index (χ0n) is 14.2. The average molecular weight is 406 g/mol. The molecule has 2 aromatic heterocycles. The van der Waals surface area contributed by atoms with Gasteiger partial charge in [0.05, 0.1) is 22.9 Å². The number of rotatable bonds is 5. The highest BCUT2D eigenvalue weighted by atomic mass is 35.5. The second-order valence-electron chi connectivity index (χ2n) is 5.63. The van der Waals surface area contributed by atoms with Crippen LogP contribution in [-0.2, 0) is 4.79 Å². The maximum Gasteiger partial charge on any atom is 0.266 e. The molecule has 0 aliphatic rings. The van der Waals surface area contributed by atoms with E-state index in [1.54, 1.807) is 49.6 Å². The van der Waals surface area contributed by atoms with Gasteiger partial charge in [-0.1, -0.05) is 23.7 Å². The molecule has 0 bridgehead atoms. The van der Waals surface area contributed by atoms with Crippen molar-refractivity contribution in [3.05, 3.63) is 56.7 Å². The van der Waals surface area contributed by atoms with Crippen molar-refractivity contribution in [2.24, 2.45) is 0 Å². The van der Waals surface area contributed by atoms with Crippen molar-refractivity contribution in [3.63, 3.8) is 0 Å². The molecule has 1 aromatic carbocycles. The van der Waals surface area contributed by atoms with E-state index in [-0.39, 0.29) is 18.4 Å². The molecule has 3 aromatic rings. The van der Waals surface area contributed by atoms with Crippen molar-refractivity contribution in [1.82, 2.24) is 9.88 Å². The molecule has 0 saturated carbocycles. The Kier molecular flexibility index (Phi) is 5.70. The molecule has 0 aliphatic carbocycles. The first-order chi connectivity index (χ1) is 12.5. The maximum absolute atomic E-state index is 12.7. The standard InChI is InChI=1S/C18H16ClN3O2S2/c1-11-16(26-17(20-11)12-7-8-25-10-12)18(24)22(2)9-15(23)21-14-6-4-3-5-13(14)19/h3-8,10H,9H2,1-2H3,(H,21,23). The number of hydrogen-bond donors (Lipinski definition) is 1. The van der Waals surface area contributed by atoms with Crippen molar-refractivity contribution in [2.45, 2.75) is 6.92 Å². The predicted molar refractivity (Wildman–Crippen MR) is 107 cm³/mol. The summed E-state index contributed by atoms with van der Waals surface area (Å²) < 4.78 is 0. The van der Waals surface area contributed by atoms with Crippen LogP contribution in [0.2, 0.25) is 5.02 Å². The Morgan fingerprint density at radius 1 is 1.27 bits per heavy atom. The summed E-state index contributed by atoms with van der Waals surface area (Å²) in [6.07, 6.45) is 0. The van der Waals surface area contributed by atoms with Crippen LogP contribution in [0.4, 0.5) is 5.69 Å². The van der Waals surface area contributed by atoms with Crippen LogP contribution in [0.25, 0.3) is 10.6 Å². The normalized spacial score (nSPS) is 10.6. The topological polar surface area (TPSA) is 62.3 Å². The van der Waals surface area contributed by atoms with Crippen LogP contribution in [0.15, 0.2) is 41.1 Å². The third kappa shape index (κ3) is 4.12. The summed E-state index contributed by atoms with van der Waals surface area (Å²) in [5, 5.41) is 7.94. The highest BCUT2D eigenvalue weighted by Crippen LogP contribution is 2.30. The summed E-state index contributed by atoms with van der Waals surface area (Å²) in [4.78, 5) is 31.3. The number of likely N-dealkylation sites (N-methyl/N-ethyl adjacent to an activating group) is 1. The molecule has 3 rings (SSSR count). The first-order valence-corrected chi connectivity index (χ1v) is 9.89. The van der Waals surface area contributed by atoms with E-state index in [4.69, 9.17) is 11.6 Å². The van der Waals surface area contributed by atoms with Crippen LogP contribution >= 0.6 is 34.3 Å². The fraction of sp³-hybridized carbons (Fsp3) is 0.167. The van der Waals surface area contributed by atoms with Gasteiger partial charge in [-0.15, -0.1) is 11.3 Å². The van der Waals surface area contributed by atoms with Crippen LogP contribution in [0.3, 0.4) is 0 Å². The van der Waals surface area contributed by atoms with Gasteiger partial charge in [0, 0.05) is 18.0 Å². The lowest BCUT2D eigenvalue weighted by Crippen LogP contribution is -2.34. The minimum absolute atomic E-state index is 0.0742. The number of amides is 2. The molecule has 0 fully saturated rings. The molecular weight excluding hydrogens is 390 g/mol. The number of benzene rings is 1. The molecule has 0 atom stereocenters. The Bertz CT molecular complexity index is 938. The number of halogens is 1. The molecule has 0 unspecified atom stereocenters. The molecule has 2 amide bonds. The molecular formula is C18H16ClN3O2S2. The quantitative estimate of drug-likeness (QED) is 0.677. The smallest absolute Gasteiger partial charge is 0.266 e. The molecule has 1 N–H and O–H groups in total. The number of para-hydroxylation sites is 1. The maximum atomic E-state index is 12.7. The molecule has 8 heteroatoms. The summed E-state index contributed by atoms with van der Waals surface area (Å²) in [6.45, 7) is 1.73. The molecule has 0 aliphatic heterocycles. The average Bonchev–Trinajstić information content (AvgIpc) is 3.25. The Morgan fingerprint density at radius 2 is 2.04 bits per heavy atom. The molecule has 2 heterocycles. The van der Waals surface area contributed by atoms with Gasteiger partial charge in [-0.2, -0.15) is 11.3 Å². The van der Waals surface area contributed by atoms with E-state index in [9.17, 15) is 9.59 Å². The van der Waals surface area contributed by atoms with Gasteiger partial charge in [0.1, 0.15) is 9.88 Å². The Balaban J connectivity index is 1.68. The summed E-state index contributed by atoms with van der Waals surface area (Å²) in [7, 11) is 1.60. The molecule has 134 valence electrons. The first-order valence-electron chi connectivity index (χ1n) is 7.75. The highest BCUT2D eigenvalue weighted by Gasteiger charge is 2.21. The minimum Gasteiger partial charge on any atom is -0.332 e. The minimum atomic E-state index is -0.311. The number of aryl methyl sites for hydroxylation is 1. The Labute approximate surface area is 164 Å². The fourth-order valence-corrected chi connectivity index (χ4v) is 4.27. The largest absolute Gasteiger partial charge is 0.332 e. The van der Waals surface area contributed by atoms with Crippen LogP contribution < -0.4 is 5.32 Å².